The molecular formula is C23H32N4O2. The first-order valence-corrected chi connectivity index (χ1v) is 10.9. The van der Waals surface area contributed by atoms with Crippen molar-refractivity contribution in [3.8, 4) is 0 Å². The van der Waals surface area contributed by atoms with E-state index in [1.165, 1.54) is 12.8 Å². The van der Waals surface area contributed by atoms with Gasteiger partial charge < -0.3 is 14.6 Å². The average molecular weight is 397 g/mol. The molecule has 6 heteroatoms. The van der Waals surface area contributed by atoms with Crippen LogP contribution >= 0.6 is 0 Å². The normalized spacial score (nSPS) is 18.9. The van der Waals surface area contributed by atoms with Gasteiger partial charge in [0.1, 0.15) is 5.76 Å². The molecule has 0 radical (unpaired) electrons. The van der Waals surface area contributed by atoms with Crippen molar-refractivity contribution in [2.75, 3.05) is 39.3 Å². The average Bonchev–Trinajstić information content (AvgIpc) is 3.43. The molecule has 2 fully saturated rings. The Morgan fingerprint density at radius 2 is 1.93 bits per heavy atom. The molecule has 1 N–H and O–H groups in total. The van der Waals surface area contributed by atoms with Crippen LogP contribution in [-0.2, 0) is 6.54 Å². The van der Waals surface area contributed by atoms with Gasteiger partial charge in [-0.15, -0.1) is 0 Å². The second-order valence-electron chi connectivity index (χ2n) is 8.32. The maximum absolute atomic E-state index is 12.9. The third-order valence-corrected chi connectivity index (χ3v) is 6.15. The molecule has 0 spiro atoms. The molecule has 2 aliphatic rings. The fourth-order valence-electron chi connectivity index (χ4n) is 4.50. The summed E-state index contributed by atoms with van der Waals surface area (Å²) in [5, 5.41) is 3.12. The number of furan rings is 1. The lowest BCUT2D eigenvalue weighted by Gasteiger charge is -2.31. The number of hydrogen-bond donors (Lipinski definition) is 1. The van der Waals surface area contributed by atoms with E-state index in [0.29, 0.717) is 12.5 Å². The largest absolute Gasteiger partial charge is 0.468 e. The van der Waals surface area contributed by atoms with E-state index in [4.69, 9.17) is 9.40 Å². The van der Waals surface area contributed by atoms with E-state index >= 15 is 0 Å². The minimum atomic E-state index is 0.0183. The van der Waals surface area contributed by atoms with Gasteiger partial charge in [0, 0.05) is 24.7 Å². The molecule has 4 rings (SSSR count). The van der Waals surface area contributed by atoms with Crippen LogP contribution in [-0.4, -0.2) is 60.0 Å². The number of amides is 1. The molecular weight excluding hydrogens is 364 g/mol. The van der Waals surface area contributed by atoms with Gasteiger partial charge in [0.2, 0.25) is 0 Å². The second-order valence-corrected chi connectivity index (χ2v) is 8.32. The number of piperidine rings is 1. The third kappa shape index (κ3) is 5.25. The fraction of sp³-hybridized carbons (Fsp3) is 0.565. The number of aromatic nitrogens is 1. The highest BCUT2D eigenvalue weighted by atomic mass is 16.3. The molecule has 0 aliphatic carbocycles. The second kappa shape index (κ2) is 9.55. The summed E-state index contributed by atoms with van der Waals surface area (Å²) in [7, 11) is 0. The van der Waals surface area contributed by atoms with Crippen LogP contribution in [0.25, 0.3) is 0 Å². The summed E-state index contributed by atoms with van der Waals surface area (Å²) in [4.78, 5) is 22.5. The first kappa shape index (κ1) is 20.1. The fourth-order valence-corrected chi connectivity index (χ4v) is 4.50. The van der Waals surface area contributed by atoms with Gasteiger partial charge in [0.05, 0.1) is 24.1 Å². The topological polar surface area (TPSA) is 61.6 Å². The van der Waals surface area contributed by atoms with E-state index in [9.17, 15) is 4.79 Å². The van der Waals surface area contributed by atoms with Crippen LogP contribution in [0.1, 0.15) is 59.1 Å². The zero-order valence-electron chi connectivity index (χ0n) is 17.4. The number of carbonyl (C=O) groups is 1. The molecule has 4 heterocycles. The van der Waals surface area contributed by atoms with Crippen LogP contribution in [0.5, 0.6) is 0 Å². The Bertz CT molecular complexity index is 791. The first-order chi connectivity index (χ1) is 14.2. The monoisotopic (exact) mass is 396 g/mol. The van der Waals surface area contributed by atoms with Gasteiger partial charge in [-0.1, -0.05) is 0 Å². The lowest BCUT2D eigenvalue weighted by Crippen LogP contribution is -2.35. The number of likely N-dealkylation sites (tertiary alicyclic amines) is 2. The number of pyridine rings is 1. The van der Waals surface area contributed by atoms with E-state index < -0.39 is 0 Å². The van der Waals surface area contributed by atoms with Crippen molar-refractivity contribution in [3.05, 3.63) is 53.2 Å². The van der Waals surface area contributed by atoms with Crippen LogP contribution in [0.4, 0.5) is 0 Å². The van der Waals surface area contributed by atoms with E-state index in [2.05, 4.69) is 15.1 Å². The summed E-state index contributed by atoms with van der Waals surface area (Å²) >= 11 is 0. The molecule has 156 valence electrons. The van der Waals surface area contributed by atoms with E-state index in [1.54, 1.807) is 6.26 Å². The smallest absolute Gasteiger partial charge is 0.253 e. The van der Waals surface area contributed by atoms with Gasteiger partial charge in [0.15, 0.2) is 0 Å². The summed E-state index contributed by atoms with van der Waals surface area (Å²) in [6.07, 6.45) is 6.32. The summed E-state index contributed by atoms with van der Waals surface area (Å²) < 4.78 is 5.48. The van der Waals surface area contributed by atoms with Gasteiger partial charge in [-0.2, -0.15) is 0 Å². The van der Waals surface area contributed by atoms with Crippen molar-refractivity contribution in [2.45, 2.75) is 45.1 Å². The molecule has 0 unspecified atom stereocenters. The highest BCUT2D eigenvalue weighted by Crippen LogP contribution is 2.30. The lowest BCUT2D eigenvalue weighted by molar-refractivity contribution is 0.0946. The molecule has 29 heavy (non-hydrogen) atoms. The van der Waals surface area contributed by atoms with Crippen LogP contribution in [0.3, 0.4) is 0 Å². The van der Waals surface area contributed by atoms with Crippen LogP contribution < -0.4 is 5.32 Å². The number of nitrogens with zero attached hydrogens (tertiary/aromatic N) is 3. The van der Waals surface area contributed by atoms with Crippen LogP contribution in [0.15, 0.2) is 34.9 Å². The van der Waals surface area contributed by atoms with Crippen molar-refractivity contribution < 1.29 is 9.21 Å². The van der Waals surface area contributed by atoms with Crippen molar-refractivity contribution >= 4 is 5.91 Å². The van der Waals surface area contributed by atoms with Crippen LogP contribution in [0.2, 0.25) is 0 Å². The molecule has 2 aliphatic heterocycles. The van der Waals surface area contributed by atoms with Gasteiger partial charge >= 0.3 is 0 Å². The van der Waals surface area contributed by atoms with E-state index in [-0.39, 0.29) is 5.91 Å². The summed E-state index contributed by atoms with van der Waals surface area (Å²) in [5.74, 6) is 1.36. The number of nitrogens with one attached hydrogen (secondary N) is 1. The number of hydrogen-bond acceptors (Lipinski definition) is 5. The lowest BCUT2D eigenvalue weighted by atomic mass is 9.89. The Balaban J connectivity index is 1.35. The Hall–Kier alpha value is -2.18. The first-order valence-electron chi connectivity index (χ1n) is 10.9. The van der Waals surface area contributed by atoms with Crippen LogP contribution in [0, 0.1) is 6.92 Å². The molecule has 2 aromatic heterocycles. The maximum Gasteiger partial charge on any atom is 0.253 e. The predicted molar refractivity (Wildman–Crippen MR) is 113 cm³/mol. The quantitative estimate of drug-likeness (QED) is 0.779. The summed E-state index contributed by atoms with van der Waals surface area (Å²) in [5.41, 5.74) is 2.70. The summed E-state index contributed by atoms with van der Waals surface area (Å²) in [6.45, 7) is 8.80. The zero-order valence-corrected chi connectivity index (χ0v) is 17.4. The molecule has 0 bridgehead atoms. The standard InChI is InChI=1S/C23H32N4O2/c1-18-6-7-21(23(28)24-10-15-26-11-2-3-12-26)22(25-18)19-8-13-27(14-9-19)17-20-5-4-16-29-20/h4-7,16,19H,2-3,8-15,17H2,1H3,(H,24,28). The molecule has 0 atom stereocenters. The van der Waals surface area contributed by atoms with Crippen molar-refractivity contribution in [1.82, 2.24) is 20.1 Å². The zero-order chi connectivity index (χ0) is 20.1. The number of carbonyl (C=O) groups excluding carboxylic acids is 1. The Labute approximate surface area is 173 Å². The molecule has 1 amide bonds. The minimum absolute atomic E-state index is 0.0183. The molecule has 0 saturated carbocycles. The Kier molecular flexibility index (Phi) is 6.62. The SMILES string of the molecule is Cc1ccc(C(=O)NCCN2CCCC2)c(C2CCN(Cc3ccco3)CC2)n1. The van der Waals surface area contributed by atoms with E-state index in [0.717, 1.165) is 74.8 Å². The molecule has 2 aromatic rings. The van der Waals surface area contributed by atoms with Crippen molar-refractivity contribution in [1.29, 1.82) is 0 Å². The minimum Gasteiger partial charge on any atom is -0.468 e. The molecule has 6 nitrogen and oxygen atoms in total. The number of aryl methyl sites for hydroxylation is 1. The van der Waals surface area contributed by atoms with Crippen molar-refractivity contribution in [3.63, 3.8) is 0 Å². The maximum atomic E-state index is 12.9. The van der Waals surface area contributed by atoms with Crippen molar-refractivity contribution in [2.24, 2.45) is 0 Å². The van der Waals surface area contributed by atoms with Gasteiger partial charge in [-0.3, -0.25) is 14.7 Å². The number of rotatable bonds is 7. The summed E-state index contributed by atoms with van der Waals surface area (Å²) in [6, 6.07) is 7.87. The highest BCUT2D eigenvalue weighted by Gasteiger charge is 2.26. The van der Waals surface area contributed by atoms with E-state index in [1.807, 2.05) is 31.2 Å². The molecule has 0 aromatic carbocycles. The molecule has 2 saturated heterocycles. The predicted octanol–water partition coefficient (Wildman–Crippen LogP) is 3.19. The van der Waals surface area contributed by atoms with Gasteiger partial charge in [0.25, 0.3) is 5.91 Å². The van der Waals surface area contributed by atoms with Gasteiger partial charge in [-0.05, 0) is 83.1 Å². The third-order valence-electron chi connectivity index (χ3n) is 6.15. The Morgan fingerprint density at radius 3 is 2.66 bits per heavy atom. The highest BCUT2D eigenvalue weighted by molar-refractivity contribution is 5.95. The van der Waals surface area contributed by atoms with Gasteiger partial charge in [-0.25, -0.2) is 0 Å². The Morgan fingerprint density at radius 1 is 1.14 bits per heavy atom.